The van der Waals surface area contributed by atoms with E-state index in [9.17, 15) is 0 Å². The first kappa shape index (κ1) is 11.9. The predicted octanol–water partition coefficient (Wildman–Crippen LogP) is 4.02. The summed E-state index contributed by atoms with van der Waals surface area (Å²) in [7, 11) is 0. The van der Waals surface area contributed by atoms with Gasteiger partial charge in [-0.05, 0) is 29.7 Å². The van der Waals surface area contributed by atoms with Crippen molar-refractivity contribution in [3.63, 3.8) is 0 Å². The molecule has 0 aliphatic heterocycles. The molecule has 0 fully saturated rings. The first-order valence-electron chi connectivity index (χ1n) is 5.64. The Balaban J connectivity index is 2.14. The van der Waals surface area contributed by atoms with Gasteiger partial charge in [-0.1, -0.05) is 32.1 Å². The second-order valence-electron chi connectivity index (χ2n) is 4.27. The minimum Gasteiger partial charge on any atom is -0.399 e. The molecule has 0 unspecified atom stereocenters. The van der Waals surface area contributed by atoms with Crippen molar-refractivity contribution in [2.24, 2.45) is 0 Å². The van der Waals surface area contributed by atoms with Crippen molar-refractivity contribution < 1.29 is 0 Å². The zero-order valence-corrected chi connectivity index (χ0v) is 10.9. The normalized spacial score (nSPS) is 11.5. The van der Waals surface area contributed by atoms with Crippen LogP contribution in [-0.4, -0.2) is 4.98 Å². The van der Waals surface area contributed by atoms with E-state index in [1.807, 2.05) is 36.4 Å². The lowest BCUT2D eigenvalue weighted by Gasteiger charge is -1.96. The van der Waals surface area contributed by atoms with Gasteiger partial charge in [-0.3, -0.25) is 0 Å². The quantitative estimate of drug-likeness (QED) is 0.828. The van der Waals surface area contributed by atoms with E-state index in [1.54, 1.807) is 11.3 Å². The van der Waals surface area contributed by atoms with Gasteiger partial charge in [0.05, 0.1) is 5.69 Å². The van der Waals surface area contributed by atoms with Crippen molar-refractivity contribution in [1.29, 1.82) is 0 Å². The van der Waals surface area contributed by atoms with E-state index in [-0.39, 0.29) is 0 Å². The number of nitrogens with zero attached hydrogens (tertiary/aromatic N) is 1. The molecule has 3 heteroatoms. The maximum atomic E-state index is 5.72. The second-order valence-corrected chi connectivity index (χ2v) is 5.16. The van der Waals surface area contributed by atoms with Gasteiger partial charge in [-0.2, -0.15) is 0 Å². The maximum absolute atomic E-state index is 5.72. The van der Waals surface area contributed by atoms with Crippen molar-refractivity contribution in [3.05, 3.63) is 45.9 Å². The lowest BCUT2D eigenvalue weighted by molar-refractivity contribution is 0.832. The van der Waals surface area contributed by atoms with Crippen LogP contribution in [0.4, 0.5) is 5.69 Å². The molecule has 2 nitrogen and oxygen atoms in total. The molecule has 17 heavy (non-hydrogen) atoms. The largest absolute Gasteiger partial charge is 0.399 e. The van der Waals surface area contributed by atoms with Crippen molar-refractivity contribution in [1.82, 2.24) is 4.98 Å². The fraction of sp³-hybridized carbons (Fsp3) is 0.214. The highest BCUT2D eigenvalue weighted by atomic mass is 32.1. The van der Waals surface area contributed by atoms with E-state index >= 15 is 0 Å². The molecule has 0 saturated heterocycles. The zero-order chi connectivity index (χ0) is 12.3. The number of benzene rings is 1. The van der Waals surface area contributed by atoms with E-state index in [1.165, 1.54) is 0 Å². The van der Waals surface area contributed by atoms with Crippen LogP contribution in [0.5, 0.6) is 0 Å². The third-order valence-electron chi connectivity index (χ3n) is 2.46. The van der Waals surface area contributed by atoms with E-state index < -0.39 is 0 Å². The molecule has 0 saturated carbocycles. The van der Waals surface area contributed by atoms with Gasteiger partial charge in [0.15, 0.2) is 0 Å². The minimum absolute atomic E-state index is 0.487. The lowest BCUT2D eigenvalue weighted by Crippen LogP contribution is -1.86. The van der Waals surface area contributed by atoms with Crippen LogP contribution in [0.3, 0.4) is 0 Å². The fourth-order valence-corrected chi connectivity index (χ4v) is 2.34. The first-order valence-corrected chi connectivity index (χ1v) is 6.52. The Kier molecular flexibility index (Phi) is 3.59. The highest BCUT2D eigenvalue weighted by Crippen LogP contribution is 2.19. The Morgan fingerprint density at radius 3 is 2.76 bits per heavy atom. The van der Waals surface area contributed by atoms with Gasteiger partial charge in [0.25, 0.3) is 0 Å². The van der Waals surface area contributed by atoms with Crippen LogP contribution in [0.15, 0.2) is 29.6 Å². The first-order chi connectivity index (χ1) is 8.15. The molecule has 0 spiro atoms. The van der Waals surface area contributed by atoms with E-state index in [0.717, 1.165) is 22.0 Å². The van der Waals surface area contributed by atoms with Crippen molar-refractivity contribution in [3.8, 4) is 0 Å². The highest BCUT2D eigenvalue weighted by molar-refractivity contribution is 7.10. The average Bonchev–Trinajstić information content (AvgIpc) is 2.75. The predicted molar refractivity (Wildman–Crippen MR) is 76.0 cm³/mol. The molecule has 2 aromatic rings. The molecule has 1 aromatic heterocycles. The summed E-state index contributed by atoms with van der Waals surface area (Å²) in [5, 5.41) is 3.15. The Hall–Kier alpha value is -1.61. The number of hydrogen-bond acceptors (Lipinski definition) is 3. The van der Waals surface area contributed by atoms with Gasteiger partial charge < -0.3 is 5.73 Å². The van der Waals surface area contributed by atoms with Crippen LogP contribution in [0, 0.1) is 0 Å². The molecule has 0 aliphatic carbocycles. The van der Waals surface area contributed by atoms with Gasteiger partial charge in [0, 0.05) is 11.1 Å². The average molecular weight is 244 g/mol. The van der Waals surface area contributed by atoms with Gasteiger partial charge in [0.2, 0.25) is 0 Å². The number of anilines is 1. The molecule has 0 bridgehead atoms. The smallest absolute Gasteiger partial charge is 0.116 e. The molecule has 1 heterocycles. The summed E-state index contributed by atoms with van der Waals surface area (Å²) >= 11 is 1.67. The molecule has 1 aromatic carbocycles. The van der Waals surface area contributed by atoms with Crippen molar-refractivity contribution in [2.75, 3.05) is 5.73 Å². The van der Waals surface area contributed by atoms with Crippen molar-refractivity contribution >= 4 is 29.2 Å². The molecule has 2 rings (SSSR count). The van der Waals surface area contributed by atoms with Crippen LogP contribution in [0.25, 0.3) is 12.2 Å². The molecule has 0 radical (unpaired) electrons. The highest BCUT2D eigenvalue weighted by Gasteiger charge is 2.02. The summed E-state index contributed by atoms with van der Waals surface area (Å²) in [6, 6.07) is 7.82. The molecule has 0 aliphatic rings. The molecular formula is C14H16N2S. The summed E-state index contributed by atoms with van der Waals surface area (Å²) in [4.78, 5) is 4.55. The Labute approximate surface area is 106 Å². The maximum Gasteiger partial charge on any atom is 0.116 e. The number of hydrogen-bond donors (Lipinski definition) is 1. The Bertz CT molecular complexity index is 527. The Morgan fingerprint density at radius 1 is 1.29 bits per heavy atom. The summed E-state index contributed by atoms with van der Waals surface area (Å²) in [5.74, 6) is 0.487. The van der Waals surface area contributed by atoms with E-state index in [2.05, 4.69) is 24.2 Å². The van der Waals surface area contributed by atoms with Crippen LogP contribution in [-0.2, 0) is 0 Å². The minimum atomic E-state index is 0.487. The third-order valence-corrected chi connectivity index (χ3v) is 3.29. The number of rotatable bonds is 3. The number of nitrogens with two attached hydrogens (primary N) is 1. The number of thiazole rings is 1. The summed E-state index contributed by atoms with van der Waals surface area (Å²) in [6.07, 6.45) is 4.07. The molecule has 88 valence electrons. The molecule has 0 atom stereocenters. The Morgan fingerprint density at radius 2 is 2.12 bits per heavy atom. The van der Waals surface area contributed by atoms with Crippen LogP contribution >= 0.6 is 11.3 Å². The molecule has 0 amide bonds. The zero-order valence-electron chi connectivity index (χ0n) is 10.1. The van der Waals surface area contributed by atoms with E-state index in [4.69, 9.17) is 5.73 Å². The lowest BCUT2D eigenvalue weighted by atomic mass is 10.2. The van der Waals surface area contributed by atoms with Gasteiger partial charge in [0.1, 0.15) is 5.01 Å². The fourth-order valence-electron chi connectivity index (χ4n) is 1.47. The van der Waals surface area contributed by atoms with Crippen LogP contribution < -0.4 is 5.73 Å². The van der Waals surface area contributed by atoms with Crippen LogP contribution in [0.2, 0.25) is 0 Å². The van der Waals surface area contributed by atoms with Gasteiger partial charge >= 0.3 is 0 Å². The van der Waals surface area contributed by atoms with Crippen molar-refractivity contribution in [2.45, 2.75) is 19.8 Å². The molecule has 2 N–H and O–H groups in total. The van der Waals surface area contributed by atoms with E-state index in [0.29, 0.717) is 5.92 Å². The second kappa shape index (κ2) is 5.15. The van der Waals surface area contributed by atoms with Gasteiger partial charge in [-0.25, -0.2) is 4.98 Å². The monoisotopic (exact) mass is 244 g/mol. The summed E-state index contributed by atoms with van der Waals surface area (Å²) < 4.78 is 0. The summed E-state index contributed by atoms with van der Waals surface area (Å²) in [5.41, 5.74) is 8.77. The SMILES string of the molecule is CC(C)c1csc(/C=C/c2cccc(N)c2)n1. The topological polar surface area (TPSA) is 38.9 Å². The number of aromatic nitrogens is 1. The van der Waals surface area contributed by atoms with Crippen LogP contribution in [0.1, 0.15) is 36.0 Å². The van der Waals surface area contributed by atoms with Gasteiger partial charge in [-0.15, -0.1) is 11.3 Å². The number of nitrogen functional groups attached to an aromatic ring is 1. The summed E-state index contributed by atoms with van der Waals surface area (Å²) in [6.45, 7) is 4.31. The molecular weight excluding hydrogens is 228 g/mol. The third kappa shape index (κ3) is 3.17. The standard InChI is InChI=1S/C14H16N2S/c1-10(2)13-9-17-14(16-13)7-6-11-4-3-5-12(15)8-11/h3-10H,15H2,1-2H3/b7-6+.